The highest BCUT2D eigenvalue weighted by molar-refractivity contribution is 7.89. The molecular formula is C19H22FN3O4S. The van der Waals surface area contributed by atoms with Gasteiger partial charge in [0, 0.05) is 25.7 Å². The molecule has 7 nitrogen and oxygen atoms in total. The molecule has 0 unspecified atom stereocenters. The van der Waals surface area contributed by atoms with E-state index in [-0.39, 0.29) is 36.3 Å². The molecule has 0 saturated carbocycles. The minimum atomic E-state index is -3.87. The molecular weight excluding hydrogens is 385 g/mol. The van der Waals surface area contributed by atoms with Crippen molar-refractivity contribution in [3.05, 3.63) is 59.9 Å². The monoisotopic (exact) mass is 407 g/mol. The molecule has 0 aliphatic carbocycles. The summed E-state index contributed by atoms with van der Waals surface area (Å²) in [7, 11) is -3.87. The number of hydrogen-bond acceptors (Lipinski definition) is 4. The topological polar surface area (TPSA) is 95.6 Å². The van der Waals surface area contributed by atoms with Crippen LogP contribution in [0.2, 0.25) is 0 Å². The summed E-state index contributed by atoms with van der Waals surface area (Å²) in [6.07, 6.45) is 0. The van der Waals surface area contributed by atoms with Gasteiger partial charge in [-0.05, 0) is 42.0 Å². The lowest BCUT2D eigenvalue weighted by Crippen LogP contribution is -2.40. The van der Waals surface area contributed by atoms with Crippen molar-refractivity contribution < 1.29 is 22.4 Å². The first-order valence-electron chi connectivity index (χ1n) is 8.61. The summed E-state index contributed by atoms with van der Waals surface area (Å²) < 4.78 is 39.5. The molecule has 0 aromatic heterocycles. The summed E-state index contributed by atoms with van der Waals surface area (Å²) >= 11 is 0. The molecule has 0 bridgehead atoms. The minimum Gasteiger partial charge on any atom is -0.351 e. The summed E-state index contributed by atoms with van der Waals surface area (Å²) in [6, 6.07) is 11.4. The number of nitrogens with one attached hydrogen (secondary N) is 2. The van der Waals surface area contributed by atoms with Gasteiger partial charge in [0.05, 0.1) is 11.4 Å². The van der Waals surface area contributed by atoms with Gasteiger partial charge >= 0.3 is 0 Å². The number of likely N-dealkylation sites (N-methyl/N-ethyl adjacent to an activating group) is 1. The van der Waals surface area contributed by atoms with E-state index in [1.54, 1.807) is 19.1 Å². The highest BCUT2D eigenvalue weighted by Gasteiger charge is 2.25. The van der Waals surface area contributed by atoms with E-state index in [1.165, 1.54) is 43.3 Å². The number of rotatable bonds is 8. The van der Waals surface area contributed by atoms with Gasteiger partial charge in [-0.3, -0.25) is 9.59 Å². The summed E-state index contributed by atoms with van der Waals surface area (Å²) in [5.41, 5.74) is 1.18. The Bertz CT molecular complexity index is 929. The molecule has 2 aromatic rings. The summed E-state index contributed by atoms with van der Waals surface area (Å²) in [4.78, 5) is 23.2. The molecule has 0 radical (unpaired) electrons. The summed E-state index contributed by atoms with van der Waals surface area (Å²) in [6.45, 7) is 2.93. The second-order valence-electron chi connectivity index (χ2n) is 6.04. The predicted molar refractivity (Wildman–Crippen MR) is 103 cm³/mol. The highest BCUT2D eigenvalue weighted by Crippen LogP contribution is 2.18. The number of amides is 2. The van der Waals surface area contributed by atoms with Crippen LogP contribution in [0.15, 0.2) is 53.4 Å². The molecule has 150 valence electrons. The Morgan fingerprint density at radius 2 is 1.64 bits per heavy atom. The lowest BCUT2D eigenvalue weighted by molar-refractivity contribution is -0.121. The van der Waals surface area contributed by atoms with Crippen molar-refractivity contribution in [1.82, 2.24) is 9.62 Å². The average Bonchev–Trinajstić information content (AvgIpc) is 2.65. The van der Waals surface area contributed by atoms with E-state index >= 15 is 0 Å². The van der Waals surface area contributed by atoms with E-state index in [4.69, 9.17) is 0 Å². The van der Waals surface area contributed by atoms with E-state index in [9.17, 15) is 22.4 Å². The Labute approximate surface area is 163 Å². The molecule has 2 aromatic carbocycles. The Morgan fingerprint density at radius 1 is 1.04 bits per heavy atom. The maximum atomic E-state index is 12.9. The van der Waals surface area contributed by atoms with Crippen LogP contribution in [0.1, 0.15) is 19.4 Å². The molecule has 0 aliphatic rings. The largest absolute Gasteiger partial charge is 0.351 e. The zero-order chi connectivity index (χ0) is 20.7. The Kier molecular flexibility index (Phi) is 7.24. The molecule has 0 fully saturated rings. The highest BCUT2D eigenvalue weighted by atomic mass is 32.2. The van der Waals surface area contributed by atoms with Crippen molar-refractivity contribution in [2.45, 2.75) is 25.3 Å². The molecule has 9 heteroatoms. The van der Waals surface area contributed by atoms with Crippen molar-refractivity contribution in [2.75, 3.05) is 18.4 Å². The summed E-state index contributed by atoms with van der Waals surface area (Å²) in [5.74, 6) is -1.10. The van der Waals surface area contributed by atoms with Gasteiger partial charge in [-0.25, -0.2) is 12.8 Å². The van der Waals surface area contributed by atoms with Crippen molar-refractivity contribution in [2.24, 2.45) is 0 Å². The maximum absolute atomic E-state index is 12.9. The number of benzene rings is 2. The lowest BCUT2D eigenvalue weighted by atomic mass is 10.2. The first-order valence-corrected chi connectivity index (χ1v) is 10.1. The van der Waals surface area contributed by atoms with Crippen LogP contribution in [0, 0.1) is 5.82 Å². The third-order valence-corrected chi connectivity index (χ3v) is 5.82. The normalized spacial score (nSPS) is 11.3. The number of halogens is 1. The number of hydrogen-bond donors (Lipinski definition) is 2. The number of anilines is 1. The molecule has 0 heterocycles. The second kappa shape index (κ2) is 9.43. The van der Waals surface area contributed by atoms with Gasteiger partial charge in [-0.2, -0.15) is 4.31 Å². The molecule has 2 N–H and O–H groups in total. The zero-order valence-corrected chi connectivity index (χ0v) is 16.4. The van der Waals surface area contributed by atoms with Gasteiger partial charge in [-0.1, -0.05) is 19.1 Å². The van der Waals surface area contributed by atoms with Gasteiger partial charge < -0.3 is 10.6 Å². The van der Waals surface area contributed by atoms with Crippen LogP contribution in [-0.2, 0) is 26.2 Å². The van der Waals surface area contributed by atoms with Gasteiger partial charge in [0.25, 0.3) is 0 Å². The van der Waals surface area contributed by atoms with E-state index in [2.05, 4.69) is 10.6 Å². The minimum absolute atomic E-state index is 0.0230. The fourth-order valence-corrected chi connectivity index (χ4v) is 3.85. The molecule has 2 amide bonds. The van der Waals surface area contributed by atoms with Crippen molar-refractivity contribution >= 4 is 27.5 Å². The van der Waals surface area contributed by atoms with E-state index < -0.39 is 15.9 Å². The van der Waals surface area contributed by atoms with Crippen LogP contribution in [0.5, 0.6) is 0 Å². The van der Waals surface area contributed by atoms with Gasteiger partial charge in [0.2, 0.25) is 21.8 Å². The fraction of sp³-hybridized carbons (Fsp3) is 0.263. The van der Waals surface area contributed by atoms with Crippen LogP contribution in [0.4, 0.5) is 10.1 Å². The molecule has 0 spiro atoms. The van der Waals surface area contributed by atoms with Crippen molar-refractivity contribution in [1.29, 1.82) is 0 Å². The number of carbonyl (C=O) groups excluding carboxylic acids is 2. The summed E-state index contributed by atoms with van der Waals surface area (Å²) in [5, 5.41) is 5.18. The van der Waals surface area contributed by atoms with Crippen LogP contribution < -0.4 is 10.6 Å². The van der Waals surface area contributed by atoms with E-state index in [0.717, 1.165) is 4.31 Å². The second-order valence-corrected chi connectivity index (χ2v) is 7.98. The Hall–Kier alpha value is -2.78. The molecule has 0 atom stereocenters. The van der Waals surface area contributed by atoms with Crippen LogP contribution in [0.3, 0.4) is 0 Å². The third-order valence-electron chi connectivity index (χ3n) is 3.89. The van der Waals surface area contributed by atoms with Crippen LogP contribution >= 0.6 is 0 Å². The maximum Gasteiger partial charge on any atom is 0.243 e. The van der Waals surface area contributed by atoms with E-state index in [1.807, 2.05) is 0 Å². The molecule has 0 saturated heterocycles. The molecule has 28 heavy (non-hydrogen) atoms. The number of nitrogens with zero attached hydrogens (tertiary/aromatic N) is 1. The Balaban J connectivity index is 2.02. The zero-order valence-electron chi connectivity index (χ0n) is 15.6. The standard InChI is InChI=1S/C19H22FN3O4S/c1-3-23(13-19(25)21-12-15-4-6-16(20)7-5-15)28(26,27)18-10-8-17(9-11-18)22-14(2)24/h4-11H,3,12-13H2,1-2H3,(H,21,25)(H,22,24). The van der Waals surface area contributed by atoms with Crippen molar-refractivity contribution in [3.8, 4) is 0 Å². The van der Waals surface area contributed by atoms with Crippen LogP contribution in [0.25, 0.3) is 0 Å². The Morgan fingerprint density at radius 3 is 2.18 bits per heavy atom. The number of sulfonamides is 1. The third kappa shape index (κ3) is 5.86. The molecule has 2 rings (SSSR count). The van der Waals surface area contributed by atoms with Gasteiger partial charge in [-0.15, -0.1) is 0 Å². The van der Waals surface area contributed by atoms with Gasteiger partial charge in [0.1, 0.15) is 5.82 Å². The first-order chi connectivity index (χ1) is 13.2. The van der Waals surface area contributed by atoms with Gasteiger partial charge in [0.15, 0.2) is 0 Å². The lowest BCUT2D eigenvalue weighted by Gasteiger charge is -2.20. The SMILES string of the molecule is CCN(CC(=O)NCc1ccc(F)cc1)S(=O)(=O)c1ccc(NC(C)=O)cc1. The fourth-order valence-electron chi connectivity index (χ4n) is 2.45. The quantitative estimate of drug-likeness (QED) is 0.701. The van der Waals surface area contributed by atoms with Crippen molar-refractivity contribution in [3.63, 3.8) is 0 Å². The first kappa shape index (κ1) is 21.5. The molecule has 0 aliphatic heterocycles. The van der Waals surface area contributed by atoms with E-state index in [0.29, 0.717) is 11.3 Å². The predicted octanol–water partition coefficient (Wildman–Crippen LogP) is 2.11. The smallest absolute Gasteiger partial charge is 0.243 e. The average molecular weight is 407 g/mol. The van der Waals surface area contributed by atoms with Crippen LogP contribution in [-0.4, -0.2) is 37.6 Å². The number of carbonyl (C=O) groups is 2.